The molecule has 3 aromatic carbocycles. The van der Waals surface area contributed by atoms with Crippen LogP contribution in [0.1, 0.15) is 32.1 Å². The van der Waals surface area contributed by atoms with Gasteiger partial charge in [0, 0.05) is 40.1 Å². The highest BCUT2D eigenvalue weighted by Crippen LogP contribution is 2.32. The first-order valence-corrected chi connectivity index (χ1v) is 11.9. The molecule has 0 radical (unpaired) electrons. The Kier molecular flexibility index (Phi) is 6.48. The van der Waals surface area contributed by atoms with Gasteiger partial charge in [-0.15, -0.1) is 0 Å². The molecule has 0 aliphatic rings. The van der Waals surface area contributed by atoms with E-state index in [-0.39, 0.29) is 23.5 Å². The molecule has 0 saturated carbocycles. The van der Waals surface area contributed by atoms with E-state index < -0.39 is 6.03 Å². The van der Waals surface area contributed by atoms with Gasteiger partial charge in [-0.25, -0.2) is 9.78 Å². The SMILES string of the molecule is CC(C)(C)c1cc(NC(=O)Nc2ccc(NOCc3cccc4nc5cc(O)cc(O)c5cc34)cc2)no1. The van der Waals surface area contributed by atoms with Crippen molar-refractivity contribution in [3.8, 4) is 11.5 Å². The molecule has 0 unspecified atom stereocenters. The molecule has 0 fully saturated rings. The molecule has 10 heteroatoms. The third-order valence-corrected chi connectivity index (χ3v) is 5.88. The smallest absolute Gasteiger partial charge is 0.324 e. The van der Waals surface area contributed by atoms with Crippen molar-refractivity contribution in [1.82, 2.24) is 10.1 Å². The van der Waals surface area contributed by atoms with E-state index in [1.807, 2.05) is 45.0 Å². The Morgan fingerprint density at radius 1 is 0.921 bits per heavy atom. The number of urea groups is 1. The van der Waals surface area contributed by atoms with Gasteiger partial charge >= 0.3 is 6.03 Å². The number of rotatable bonds is 6. The summed E-state index contributed by atoms with van der Waals surface area (Å²) in [5, 5.41) is 30.6. The van der Waals surface area contributed by atoms with Crippen LogP contribution in [0.15, 0.2) is 71.3 Å². The largest absolute Gasteiger partial charge is 0.508 e. The molecular formula is C28H27N5O5. The molecule has 0 atom stereocenters. The Morgan fingerprint density at radius 3 is 2.42 bits per heavy atom. The zero-order valence-corrected chi connectivity index (χ0v) is 21.1. The molecule has 194 valence electrons. The van der Waals surface area contributed by atoms with Crippen LogP contribution >= 0.6 is 0 Å². The first-order chi connectivity index (χ1) is 18.2. The van der Waals surface area contributed by atoms with Crippen molar-refractivity contribution >= 4 is 45.0 Å². The summed E-state index contributed by atoms with van der Waals surface area (Å²) in [4.78, 5) is 22.6. The van der Waals surface area contributed by atoms with Crippen molar-refractivity contribution in [1.29, 1.82) is 0 Å². The zero-order valence-electron chi connectivity index (χ0n) is 21.1. The molecule has 2 amide bonds. The average Bonchev–Trinajstić information content (AvgIpc) is 3.33. The van der Waals surface area contributed by atoms with Gasteiger partial charge in [-0.1, -0.05) is 38.1 Å². The van der Waals surface area contributed by atoms with Crippen LogP contribution in [0, 0.1) is 0 Å². The predicted octanol–water partition coefficient (Wildman–Crippen LogP) is 6.27. The lowest BCUT2D eigenvalue weighted by Crippen LogP contribution is -2.19. The molecule has 38 heavy (non-hydrogen) atoms. The van der Waals surface area contributed by atoms with Crippen molar-refractivity contribution in [3.05, 3.63) is 78.1 Å². The molecule has 0 aliphatic carbocycles. The monoisotopic (exact) mass is 513 g/mol. The highest BCUT2D eigenvalue weighted by Gasteiger charge is 2.20. The summed E-state index contributed by atoms with van der Waals surface area (Å²) in [6.07, 6.45) is 0. The summed E-state index contributed by atoms with van der Waals surface area (Å²) in [5.41, 5.74) is 6.07. The van der Waals surface area contributed by atoms with Crippen LogP contribution in [0.4, 0.5) is 22.0 Å². The number of amides is 2. The number of nitrogens with zero attached hydrogens (tertiary/aromatic N) is 2. The summed E-state index contributed by atoms with van der Waals surface area (Å²) in [7, 11) is 0. The molecule has 2 aromatic heterocycles. The minimum atomic E-state index is -0.436. The van der Waals surface area contributed by atoms with E-state index in [4.69, 9.17) is 9.36 Å². The number of carbonyl (C=O) groups excluding carboxylic acids is 1. The molecule has 10 nitrogen and oxygen atoms in total. The molecular weight excluding hydrogens is 486 g/mol. The number of phenols is 2. The highest BCUT2D eigenvalue weighted by atomic mass is 16.6. The first-order valence-electron chi connectivity index (χ1n) is 11.9. The van der Waals surface area contributed by atoms with Crippen molar-refractivity contribution in [3.63, 3.8) is 0 Å². The van der Waals surface area contributed by atoms with E-state index in [1.165, 1.54) is 12.1 Å². The number of aromatic hydroxyl groups is 2. The predicted molar refractivity (Wildman–Crippen MR) is 145 cm³/mol. The van der Waals surface area contributed by atoms with Crippen molar-refractivity contribution in [2.45, 2.75) is 32.8 Å². The lowest BCUT2D eigenvalue weighted by atomic mass is 9.93. The number of fused-ring (bicyclic) bond motifs is 2. The topological polar surface area (TPSA) is 142 Å². The second-order valence-corrected chi connectivity index (χ2v) is 9.88. The van der Waals surface area contributed by atoms with E-state index in [0.29, 0.717) is 33.9 Å². The Labute approximate surface area is 218 Å². The average molecular weight is 514 g/mol. The lowest BCUT2D eigenvalue weighted by molar-refractivity contribution is 0.181. The van der Waals surface area contributed by atoms with Crippen LogP contribution in [0.5, 0.6) is 11.5 Å². The van der Waals surface area contributed by atoms with Gasteiger partial charge in [-0.05, 0) is 42.0 Å². The van der Waals surface area contributed by atoms with Gasteiger partial charge in [0.1, 0.15) is 23.9 Å². The van der Waals surface area contributed by atoms with Crippen LogP contribution in [-0.2, 0) is 16.9 Å². The van der Waals surface area contributed by atoms with E-state index in [2.05, 4.69) is 26.3 Å². The summed E-state index contributed by atoms with van der Waals surface area (Å²) in [6, 6.07) is 18.6. The van der Waals surface area contributed by atoms with Crippen molar-refractivity contribution in [2.75, 3.05) is 16.1 Å². The molecule has 0 spiro atoms. The second kappa shape index (κ2) is 9.91. The number of hydrogen-bond acceptors (Lipinski definition) is 8. The fourth-order valence-electron chi connectivity index (χ4n) is 3.90. The molecule has 5 rings (SSSR count). The summed E-state index contributed by atoms with van der Waals surface area (Å²) in [5.74, 6) is 0.928. The van der Waals surface area contributed by atoms with Crippen LogP contribution in [0.3, 0.4) is 0 Å². The number of carbonyl (C=O) groups is 1. The number of hydrogen-bond donors (Lipinski definition) is 5. The van der Waals surface area contributed by atoms with Gasteiger partial charge < -0.3 is 20.1 Å². The van der Waals surface area contributed by atoms with Crippen LogP contribution in [0.25, 0.3) is 21.8 Å². The minimum Gasteiger partial charge on any atom is -0.508 e. The Bertz CT molecular complexity index is 1620. The Balaban J connectivity index is 1.19. The first kappa shape index (κ1) is 24.8. The van der Waals surface area contributed by atoms with E-state index in [0.717, 1.165) is 16.5 Å². The van der Waals surface area contributed by atoms with Gasteiger partial charge in [0.2, 0.25) is 0 Å². The summed E-state index contributed by atoms with van der Waals surface area (Å²) < 4.78 is 5.28. The molecule has 5 aromatic rings. The lowest BCUT2D eigenvalue weighted by Gasteiger charge is -2.12. The van der Waals surface area contributed by atoms with Crippen LogP contribution < -0.4 is 16.1 Å². The highest BCUT2D eigenvalue weighted by molar-refractivity contribution is 5.99. The van der Waals surface area contributed by atoms with Gasteiger partial charge in [0.15, 0.2) is 5.82 Å². The normalized spacial score (nSPS) is 11.6. The maximum atomic E-state index is 12.3. The summed E-state index contributed by atoms with van der Waals surface area (Å²) >= 11 is 0. The number of phenolic OH excluding ortho intramolecular Hbond substituents is 2. The van der Waals surface area contributed by atoms with Crippen molar-refractivity contribution < 1.29 is 24.4 Å². The molecule has 2 heterocycles. The third-order valence-electron chi connectivity index (χ3n) is 5.88. The van der Waals surface area contributed by atoms with Gasteiger partial charge in [-0.2, -0.15) is 0 Å². The maximum Gasteiger partial charge on any atom is 0.324 e. The van der Waals surface area contributed by atoms with Gasteiger partial charge in [-0.3, -0.25) is 15.6 Å². The molecule has 0 aliphatic heterocycles. The molecule has 0 saturated heterocycles. The number of benzene rings is 3. The van der Waals surface area contributed by atoms with Gasteiger partial charge in [0.05, 0.1) is 16.7 Å². The Morgan fingerprint density at radius 2 is 1.68 bits per heavy atom. The zero-order chi connectivity index (χ0) is 26.9. The number of anilines is 3. The number of nitrogens with one attached hydrogen (secondary N) is 3. The second-order valence-electron chi connectivity index (χ2n) is 9.88. The Hall–Kier alpha value is -4.83. The maximum absolute atomic E-state index is 12.3. The standard InChI is InChI=1S/C28H27N5O5/c1-28(2,3)25-14-26(33-38-25)31-27(36)29-17-7-9-18(10-8-17)32-37-15-16-5-4-6-22-20(16)13-21-23(30-22)11-19(34)12-24(21)35/h4-14,32,34-35H,15H2,1-3H3,(H2,29,31,33,36). The van der Waals surface area contributed by atoms with Crippen molar-refractivity contribution in [2.24, 2.45) is 0 Å². The fraction of sp³-hybridized carbons (Fsp3) is 0.179. The fourth-order valence-corrected chi connectivity index (χ4v) is 3.90. The molecule has 0 bridgehead atoms. The van der Waals surface area contributed by atoms with E-state index >= 15 is 0 Å². The van der Waals surface area contributed by atoms with Crippen LogP contribution in [-0.4, -0.2) is 26.4 Å². The minimum absolute atomic E-state index is 0.0405. The van der Waals surface area contributed by atoms with Crippen LogP contribution in [0.2, 0.25) is 0 Å². The number of aromatic nitrogens is 2. The number of pyridine rings is 1. The summed E-state index contributed by atoms with van der Waals surface area (Å²) in [6.45, 7) is 6.23. The van der Waals surface area contributed by atoms with E-state index in [9.17, 15) is 15.0 Å². The molecule has 5 N–H and O–H groups in total. The van der Waals surface area contributed by atoms with E-state index in [1.54, 1.807) is 30.3 Å². The quantitative estimate of drug-likeness (QED) is 0.132. The third kappa shape index (κ3) is 5.45. The van der Waals surface area contributed by atoms with Gasteiger partial charge in [0.25, 0.3) is 0 Å².